The van der Waals surface area contributed by atoms with Gasteiger partial charge in [-0.1, -0.05) is 60.7 Å². The van der Waals surface area contributed by atoms with Crippen molar-refractivity contribution in [3.63, 3.8) is 0 Å². The lowest BCUT2D eigenvalue weighted by Crippen LogP contribution is -2.33. The molecule has 3 N–H and O–H groups in total. The molecule has 188 valence electrons. The molecule has 0 aromatic heterocycles. The van der Waals surface area contributed by atoms with Gasteiger partial charge in [0.2, 0.25) is 0 Å². The van der Waals surface area contributed by atoms with Crippen LogP contribution in [0.25, 0.3) is 11.1 Å². The number of benzene rings is 3. The van der Waals surface area contributed by atoms with E-state index in [2.05, 4.69) is 17.4 Å². The third-order valence-corrected chi connectivity index (χ3v) is 5.68. The van der Waals surface area contributed by atoms with Gasteiger partial charge < -0.3 is 25.0 Å². The number of carboxylic acids is 1. The van der Waals surface area contributed by atoms with E-state index in [1.807, 2.05) is 56.3 Å². The van der Waals surface area contributed by atoms with Crippen molar-refractivity contribution in [3.8, 4) is 16.9 Å². The molecule has 0 saturated heterocycles. The van der Waals surface area contributed by atoms with Crippen LogP contribution < -0.4 is 10.1 Å². The van der Waals surface area contributed by atoms with Crippen molar-refractivity contribution >= 4 is 18.4 Å². The van der Waals surface area contributed by atoms with Gasteiger partial charge in [-0.05, 0) is 61.2 Å². The van der Waals surface area contributed by atoms with Gasteiger partial charge in [-0.25, -0.2) is 4.79 Å². The van der Waals surface area contributed by atoms with Crippen LogP contribution in [0.2, 0.25) is 0 Å². The number of nitrogens with one attached hydrogen (secondary N) is 1. The van der Waals surface area contributed by atoms with Crippen LogP contribution in [0.15, 0.2) is 72.8 Å². The summed E-state index contributed by atoms with van der Waals surface area (Å²) < 4.78 is 11.0. The second-order valence-corrected chi connectivity index (χ2v) is 8.11. The summed E-state index contributed by atoms with van der Waals surface area (Å²) in [6, 6.07) is 22.9. The molecule has 0 aliphatic heterocycles. The van der Waals surface area contributed by atoms with Gasteiger partial charge in [0.05, 0.1) is 12.7 Å². The lowest BCUT2D eigenvalue weighted by atomic mass is 10.0. The first-order chi connectivity index (χ1) is 16.5. The molecule has 3 aromatic rings. The van der Waals surface area contributed by atoms with E-state index in [9.17, 15) is 15.0 Å². The molecule has 0 saturated carbocycles. The zero-order valence-corrected chi connectivity index (χ0v) is 21.0. The van der Waals surface area contributed by atoms with Gasteiger partial charge >= 0.3 is 5.97 Å². The predicted molar refractivity (Wildman–Crippen MR) is 141 cm³/mol. The van der Waals surface area contributed by atoms with Crippen molar-refractivity contribution in [2.45, 2.75) is 32.4 Å². The molecule has 0 heterocycles. The standard InChI is InChI=1S/C28H33NO5.ClH/c1-3-33-17-18-34-26-19-24(13-14-25(26)28(31)32)22-11-9-21(10-12-22)15-16-29-20(2)27(30)23-7-5-4-6-8-23;/h4-14,19-20,27,29-30H,3,15-18H2,1-2H3,(H,31,32);1H/t20-,27+;/m0./s1. The molecule has 2 atom stereocenters. The molecular weight excluding hydrogens is 466 g/mol. The summed E-state index contributed by atoms with van der Waals surface area (Å²) in [6.07, 6.45) is 0.276. The number of carboxylic acid groups (broad SMARTS) is 1. The minimum atomic E-state index is -1.02. The molecule has 0 bridgehead atoms. The van der Waals surface area contributed by atoms with E-state index in [1.165, 1.54) is 5.56 Å². The van der Waals surface area contributed by atoms with Gasteiger partial charge in [0.1, 0.15) is 17.9 Å². The number of rotatable bonds is 13. The second kappa shape index (κ2) is 14.5. The Morgan fingerprint density at radius 2 is 1.66 bits per heavy atom. The molecule has 0 spiro atoms. The van der Waals surface area contributed by atoms with Crippen molar-refractivity contribution in [1.82, 2.24) is 5.32 Å². The third kappa shape index (κ3) is 8.37. The molecule has 0 aliphatic carbocycles. The van der Waals surface area contributed by atoms with Crippen LogP contribution in [0.1, 0.15) is 41.4 Å². The van der Waals surface area contributed by atoms with E-state index in [0.29, 0.717) is 25.6 Å². The van der Waals surface area contributed by atoms with Crippen molar-refractivity contribution in [1.29, 1.82) is 0 Å². The molecule has 0 amide bonds. The number of aliphatic hydroxyl groups excluding tert-OH is 1. The summed E-state index contributed by atoms with van der Waals surface area (Å²) in [5.41, 5.74) is 4.08. The van der Waals surface area contributed by atoms with Gasteiger partial charge in [0, 0.05) is 12.6 Å². The van der Waals surface area contributed by atoms with Gasteiger partial charge in [0.25, 0.3) is 0 Å². The lowest BCUT2D eigenvalue weighted by molar-refractivity contribution is 0.0687. The van der Waals surface area contributed by atoms with Crippen LogP contribution in [0.4, 0.5) is 0 Å². The highest BCUT2D eigenvalue weighted by molar-refractivity contribution is 5.92. The number of aromatic carboxylic acids is 1. The quantitative estimate of drug-likeness (QED) is 0.282. The van der Waals surface area contributed by atoms with Crippen molar-refractivity contribution in [2.75, 3.05) is 26.4 Å². The Labute approximate surface area is 213 Å². The van der Waals surface area contributed by atoms with E-state index in [0.717, 1.165) is 29.7 Å². The first-order valence-electron chi connectivity index (χ1n) is 11.6. The average molecular weight is 500 g/mol. The molecule has 3 aromatic carbocycles. The van der Waals surface area contributed by atoms with E-state index in [1.54, 1.807) is 18.2 Å². The summed E-state index contributed by atoms with van der Waals surface area (Å²) in [4.78, 5) is 11.5. The lowest BCUT2D eigenvalue weighted by Gasteiger charge is -2.20. The topological polar surface area (TPSA) is 88.0 Å². The number of halogens is 1. The molecule has 3 rings (SSSR count). The third-order valence-electron chi connectivity index (χ3n) is 5.68. The Kier molecular flexibility index (Phi) is 11.7. The molecule has 7 heteroatoms. The first-order valence-corrected chi connectivity index (χ1v) is 11.6. The van der Waals surface area contributed by atoms with Crippen LogP contribution in [-0.4, -0.2) is 48.6 Å². The van der Waals surface area contributed by atoms with Gasteiger partial charge in [0.15, 0.2) is 0 Å². The van der Waals surface area contributed by atoms with E-state index in [-0.39, 0.29) is 24.0 Å². The highest BCUT2D eigenvalue weighted by atomic mass is 35.5. The number of carbonyl (C=O) groups is 1. The van der Waals surface area contributed by atoms with Crippen LogP contribution in [0, 0.1) is 0 Å². The molecule has 35 heavy (non-hydrogen) atoms. The van der Waals surface area contributed by atoms with Gasteiger partial charge in [-0.3, -0.25) is 0 Å². The summed E-state index contributed by atoms with van der Waals surface area (Å²) in [5, 5.41) is 23.3. The predicted octanol–water partition coefficient (Wildman–Crippen LogP) is 5.14. The molecule has 0 unspecified atom stereocenters. The maximum atomic E-state index is 11.5. The smallest absolute Gasteiger partial charge is 0.339 e. The average Bonchev–Trinajstić information content (AvgIpc) is 2.87. The molecule has 0 fully saturated rings. The zero-order valence-electron chi connectivity index (χ0n) is 20.1. The van der Waals surface area contributed by atoms with Crippen LogP contribution in [0.3, 0.4) is 0 Å². The number of ether oxygens (including phenoxy) is 2. The maximum Gasteiger partial charge on any atom is 0.339 e. The Balaban J connectivity index is 0.00000432. The fourth-order valence-corrected chi connectivity index (χ4v) is 3.71. The van der Waals surface area contributed by atoms with Crippen molar-refractivity contribution < 1.29 is 24.5 Å². The fraction of sp³-hybridized carbons (Fsp3) is 0.321. The van der Waals surface area contributed by atoms with Gasteiger partial charge in [-0.2, -0.15) is 0 Å². The maximum absolute atomic E-state index is 11.5. The van der Waals surface area contributed by atoms with E-state index >= 15 is 0 Å². The van der Waals surface area contributed by atoms with Gasteiger partial charge in [-0.15, -0.1) is 12.4 Å². The summed E-state index contributed by atoms with van der Waals surface area (Å²) in [5.74, 6) is -0.684. The molecule has 0 aliphatic rings. The molecule has 6 nitrogen and oxygen atoms in total. The highest BCUT2D eigenvalue weighted by Gasteiger charge is 2.15. The Bertz CT molecular complexity index is 1040. The molecule has 0 radical (unpaired) electrons. The zero-order chi connectivity index (χ0) is 24.3. The molecular formula is C28H34ClNO5. The first kappa shape index (κ1) is 28.3. The number of aliphatic hydroxyl groups is 1. The number of hydrogen-bond donors (Lipinski definition) is 3. The summed E-state index contributed by atoms with van der Waals surface area (Å²) in [7, 11) is 0. The van der Waals surface area contributed by atoms with E-state index in [4.69, 9.17) is 9.47 Å². The largest absolute Gasteiger partial charge is 0.490 e. The Morgan fingerprint density at radius 1 is 0.971 bits per heavy atom. The second-order valence-electron chi connectivity index (χ2n) is 8.11. The fourth-order valence-electron chi connectivity index (χ4n) is 3.71. The highest BCUT2D eigenvalue weighted by Crippen LogP contribution is 2.28. The summed E-state index contributed by atoms with van der Waals surface area (Å²) >= 11 is 0. The minimum absolute atomic E-state index is 0. The van der Waals surface area contributed by atoms with Crippen LogP contribution in [0.5, 0.6) is 5.75 Å². The van der Waals surface area contributed by atoms with Crippen molar-refractivity contribution in [2.24, 2.45) is 0 Å². The number of hydrogen-bond acceptors (Lipinski definition) is 5. The Morgan fingerprint density at radius 3 is 2.31 bits per heavy atom. The SMILES string of the molecule is CCOCCOc1cc(-c2ccc(CCN[C@@H](C)[C@@H](O)c3ccccc3)cc2)ccc1C(=O)O.Cl. The van der Waals surface area contributed by atoms with Crippen molar-refractivity contribution in [3.05, 3.63) is 89.5 Å². The van der Waals surface area contributed by atoms with Crippen LogP contribution >= 0.6 is 12.4 Å². The van der Waals surface area contributed by atoms with E-state index < -0.39 is 12.1 Å². The van der Waals surface area contributed by atoms with Crippen LogP contribution in [-0.2, 0) is 11.2 Å². The normalized spacial score (nSPS) is 12.4. The summed E-state index contributed by atoms with van der Waals surface area (Å²) in [6.45, 7) is 5.91. The Hall–Kier alpha value is -2.90. The minimum Gasteiger partial charge on any atom is -0.490 e. The monoisotopic (exact) mass is 499 g/mol.